The number of nitrogens with zero attached hydrogens (tertiary/aromatic N) is 1. The van der Waals surface area contributed by atoms with Crippen molar-refractivity contribution in [2.75, 3.05) is 38.7 Å². The molecule has 11 atom stereocenters. The Hall–Kier alpha value is -6.75. The van der Waals surface area contributed by atoms with Gasteiger partial charge in [0.25, 0.3) is 0 Å². The summed E-state index contributed by atoms with van der Waals surface area (Å²) < 4.78 is 5.40. The number of carboxylic acids is 1. The summed E-state index contributed by atoms with van der Waals surface area (Å²) in [4.78, 5) is 157. The van der Waals surface area contributed by atoms with Crippen LogP contribution in [0, 0.1) is 17.8 Å². The average molecular weight is 1220 g/mol. The van der Waals surface area contributed by atoms with Gasteiger partial charge in [-0.25, -0.2) is 4.79 Å². The molecule has 27 nitrogen and oxygen atoms in total. The number of aliphatic hydroxyl groups is 4. The average Bonchev–Trinajstić information content (AvgIpc) is 3.67. The van der Waals surface area contributed by atoms with Crippen molar-refractivity contribution in [1.82, 2.24) is 26.6 Å². The molecular weight excluding hydrogens is 1130 g/mol. The fourth-order valence-corrected chi connectivity index (χ4v) is 9.51. The number of guanidine groups is 1. The van der Waals surface area contributed by atoms with Crippen LogP contribution in [-0.2, 0) is 63.9 Å². The first-order valence-corrected chi connectivity index (χ1v) is 29.4. The van der Waals surface area contributed by atoms with Crippen molar-refractivity contribution in [3.05, 3.63) is 47.5 Å². The van der Waals surface area contributed by atoms with E-state index in [2.05, 4.69) is 38.5 Å². The Morgan fingerprint density at radius 2 is 1.35 bits per heavy atom. The number of carbonyl (C=O) groups is 11. The van der Waals surface area contributed by atoms with Gasteiger partial charge in [0.05, 0.1) is 37.2 Å². The lowest BCUT2D eigenvalue weighted by atomic mass is 9.88. The van der Waals surface area contributed by atoms with Crippen molar-refractivity contribution in [2.45, 2.75) is 178 Å². The van der Waals surface area contributed by atoms with Crippen LogP contribution in [0.1, 0.15) is 129 Å². The highest BCUT2D eigenvalue weighted by atomic mass is 35.5. The van der Waals surface area contributed by atoms with Gasteiger partial charge in [0.15, 0.2) is 29.4 Å². The molecule has 0 bridgehead atoms. The highest BCUT2D eigenvalue weighted by molar-refractivity contribution is 6.18. The summed E-state index contributed by atoms with van der Waals surface area (Å²) in [5.74, 6) is -18.3. The molecule has 5 amide bonds. The van der Waals surface area contributed by atoms with Crippen molar-refractivity contribution in [2.24, 2.45) is 45.7 Å². The Kier molecular flexibility index (Phi) is 35.5. The molecule has 28 heteroatoms. The summed E-state index contributed by atoms with van der Waals surface area (Å²) in [6.45, 7) is 0.999. The third kappa shape index (κ3) is 27.4. The van der Waals surface area contributed by atoms with Crippen LogP contribution in [0.2, 0.25) is 0 Å². The van der Waals surface area contributed by atoms with E-state index >= 15 is 0 Å². The SMILES string of the molecule is C/C=C1\CC(=O)[C@H](Cc2ccccc2)NC(=O)[C@H](CCCN=C(N)N)NC(=O)[C@H](CCN)NC(=O)[C@@H](CCN)CC(=O)[C@@H](CO)CC(=O)C(NC(=O)C[C@@H](O)CCCCCCCCC)COC(=O)[C@H]([C@H](O)CCl)CC(=O)[C@H]([C@H](O)C(=O)O)NC1=O. The monoisotopic (exact) mass is 1220 g/mol. The van der Waals surface area contributed by atoms with Crippen LogP contribution in [-0.4, -0.2) is 183 Å². The van der Waals surface area contributed by atoms with Crippen LogP contribution < -0.4 is 49.5 Å². The number of cyclic esters (lactones) is 1. The van der Waals surface area contributed by atoms with E-state index in [0.717, 1.165) is 44.6 Å². The Bertz CT molecular complexity index is 2430. The molecule has 1 fully saturated rings. The van der Waals surface area contributed by atoms with E-state index < -0.39 is 188 Å². The fourth-order valence-electron chi connectivity index (χ4n) is 9.30. The summed E-state index contributed by atoms with van der Waals surface area (Å²) in [6, 6.07) is -0.314. The standard InChI is InChI=1S/C57H89ClN10O17/c1-3-5-6-7-8-9-13-17-37(70)28-48(76)64-42-32-85-56(84)38(47(75)30-58)29-46(74)49(50(77)55(82)83)68-51(78)34(4-2)25-44(72)41(24-33-15-11-10-12-16-33)67-53(80)39(18-14-23-63-57(61)62)66-54(81)40(20-22-60)65-52(79)35(19-21-59)26-43(71)36(31-69)27-45(42)73/h4,10-12,15-16,35-42,47,49-50,69-70,75,77H,3,5-9,13-14,17-32,59-60H2,1-2H3,(H,64,76)(H,65,79)(H,66,81)(H,67,80)(H,68,78)(H,82,83)(H4,61,62,63)/b34-4+/t35-,36+,37-,38-,39-,40-,41-,42?,47+,49+,50-/m0/s1. The zero-order valence-electron chi connectivity index (χ0n) is 48.6. The Morgan fingerprint density at radius 1 is 0.753 bits per heavy atom. The highest BCUT2D eigenvalue weighted by Gasteiger charge is 2.41. The van der Waals surface area contributed by atoms with Crippen molar-refractivity contribution in [1.29, 1.82) is 0 Å². The van der Waals surface area contributed by atoms with Crippen LogP contribution in [0.25, 0.3) is 0 Å². The molecule has 476 valence electrons. The second-order valence-corrected chi connectivity index (χ2v) is 21.4. The molecule has 0 aromatic heterocycles. The number of halogens is 1. The Balaban J connectivity index is 2.81. The molecule has 1 aromatic rings. The lowest BCUT2D eigenvalue weighted by molar-refractivity contribution is -0.157. The molecule has 0 spiro atoms. The minimum Gasteiger partial charge on any atom is -0.479 e. The molecule has 18 N–H and O–H groups in total. The number of aliphatic hydroxyl groups excluding tert-OH is 4. The topological polar surface area (TPSA) is 475 Å². The molecule has 1 aromatic carbocycles. The summed E-state index contributed by atoms with van der Waals surface area (Å²) in [5.41, 5.74) is 22.9. The number of allylic oxidation sites excluding steroid dienone is 1. The number of ketones is 4. The smallest absolute Gasteiger partial charge is 0.335 e. The first kappa shape index (κ1) is 74.4. The second-order valence-electron chi connectivity index (χ2n) is 21.1. The van der Waals surface area contributed by atoms with E-state index in [4.69, 9.17) is 39.3 Å². The van der Waals surface area contributed by atoms with Gasteiger partial charge in [0.2, 0.25) is 29.5 Å². The molecule has 1 aliphatic rings. The number of aliphatic imine (C=N–C) groups is 1. The first-order valence-electron chi connectivity index (χ1n) is 28.8. The summed E-state index contributed by atoms with van der Waals surface area (Å²) >= 11 is 5.95. The normalized spacial score (nSPS) is 24.1. The van der Waals surface area contributed by atoms with E-state index in [1.54, 1.807) is 30.3 Å². The van der Waals surface area contributed by atoms with E-state index in [1.807, 2.05) is 0 Å². The highest BCUT2D eigenvalue weighted by Crippen LogP contribution is 2.21. The number of ether oxygens (including phenoxy) is 1. The van der Waals surface area contributed by atoms with Gasteiger partial charge >= 0.3 is 11.9 Å². The number of esters is 1. The molecule has 1 aliphatic heterocycles. The fraction of sp³-hybridized carbons (Fsp3) is 0.649. The summed E-state index contributed by atoms with van der Waals surface area (Å²) in [7, 11) is 0. The van der Waals surface area contributed by atoms with Gasteiger partial charge < -0.3 is 79.8 Å². The Labute approximate surface area is 500 Å². The molecule has 85 heavy (non-hydrogen) atoms. The van der Waals surface area contributed by atoms with E-state index in [0.29, 0.717) is 12.0 Å². The number of rotatable bonds is 26. The number of alkyl halides is 1. The molecular formula is C57H89ClN10O17. The van der Waals surface area contributed by atoms with Gasteiger partial charge in [0.1, 0.15) is 36.6 Å². The largest absolute Gasteiger partial charge is 0.479 e. The maximum atomic E-state index is 14.4. The van der Waals surface area contributed by atoms with Gasteiger partial charge in [0, 0.05) is 55.5 Å². The minimum absolute atomic E-state index is 0.0246. The third-order valence-electron chi connectivity index (χ3n) is 14.3. The number of nitrogens with one attached hydrogen (secondary N) is 5. The lowest BCUT2D eigenvalue weighted by Crippen LogP contribution is -2.57. The number of carbonyl (C=O) groups excluding carboxylic acids is 10. The van der Waals surface area contributed by atoms with Crippen molar-refractivity contribution >= 4 is 82.2 Å². The van der Waals surface area contributed by atoms with E-state index in [-0.39, 0.29) is 64.1 Å². The molecule has 0 radical (unpaired) electrons. The number of aliphatic carboxylic acids is 1. The lowest BCUT2D eigenvalue weighted by Gasteiger charge is -2.27. The third-order valence-corrected chi connectivity index (χ3v) is 14.7. The first-order chi connectivity index (χ1) is 40.4. The molecule has 0 aliphatic carbocycles. The number of hydrogen-bond acceptors (Lipinski definition) is 19. The maximum absolute atomic E-state index is 14.4. The number of amides is 5. The van der Waals surface area contributed by atoms with Crippen LogP contribution >= 0.6 is 11.6 Å². The second kappa shape index (κ2) is 40.5. The van der Waals surface area contributed by atoms with Crippen LogP contribution in [0.5, 0.6) is 0 Å². The van der Waals surface area contributed by atoms with Crippen molar-refractivity contribution < 1.29 is 83.0 Å². The number of benzene rings is 1. The summed E-state index contributed by atoms with van der Waals surface area (Å²) in [6.07, 6.45) is -2.61. The van der Waals surface area contributed by atoms with Crippen molar-refractivity contribution in [3.8, 4) is 0 Å². The molecule has 2 rings (SSSR count). The molecule has 1 saturated heterocycles. The zero-order valence-corrected chi connectivity index (χ0v) is 49.3. The van der Waals surface area contributed by atoms with Gasteiger partial charge in [-0.3, -0.25) is 52.9 Å². The van der Waals surface area contributed by atoms with Crippen LogP contribution in [0.15, 0.2) is 47.0 Å². The molecule has 1 unspecified atom stereocenters. The number of Topliss-reactive ketones (excluding diaryl/α,β-unsaturated/α-hetero) is 4. The Morgan fingerprint density at radius 3 is 1.94 bits per heavy atom. The number of carboxylic acid groups (broad SMARTS) is 1. The molecule has 0 saturated carbocycles. The van der Waals surface area contributed by atoms with Crippen LogP contribution in [0.3, 0.4) is 0 Å². The van der Waals surface area contributed by atoms with Crippen molar-refractivity contribution in [3.63, 3.8) is 0 Å². The quantitative estimate of drug-likeness (QED) is 0.0126. The van der Waals surface area contributed by atoms with E-state index in [9.17, 15) is 78.3 Å². The van der Waals surface area contributed by atoms with Gasteiger partial charge in [-0.1, -0.05) is 88.3 Å². The zero-order chi connectivity index (χ0) is 63.6. The van der Waals surface area contributed by atoms with Gasteiger partial charge in [-0.05, 0) is 64.1 Å². The predicted octanol–water partition coefficient (Wildman–Crippen LogP) is -1.48. The molecule has 1 heterocycles. The van der Waals surface area contributed by atoms with Gasteiger partial charge in [-0.15, -0.1) is 11.6 Å². The maximum Gasteiger partial charge on any atom is 0.335 e. The van der Waals surface area contributed by atoms with Crippen LogP contribution in [0.4, 0.5) is 0 Å². The minimum atomic E-state index is -2.71. The predicted molar refractivity (Wildman–Crippen MR) is 311 cm³/mol. The van der Waals surface area contributed by atoms with Gasteiger partial charge in [-0.2, -0.15) is 0 Å². The summed E-state index contributed by atoms with van der Waals surface area (Å²) in [5, 5.41) is 65.3. The number of hydrogen-bond donors (Lipinski definition) is 14. The number of nitrogens with two attached hydrogens (primary N) is 4. The van der Waals surface area contributed by atoms with E-state index in [1.165, 1.54) is 6.92 Å². The number of unbranched alkanes of at least 4 members (excludes halogenated alkanes) is 6.